The van der Waals surface area contributed by atoms with Crippen LogP contribution in [0.15, 0.2) is 24.3 Å². The highest BCUT2D eigenvalue weighted by atomic mass is 16.5. The van der Waals surface area contributed by atoms with Crippen molar-refractivity contribution in [1.82, 2.24) is 5.32 Å². The van der Waals surface area contributed by atoms with E-state index in [0.717, 1.165) is 18.7 Å². The van der Waals surface area contributed by atoms with Crippen LogP contribution in [0.1, 0.15) is 57.9 Å². The summed E-state index contributed by atoms with van der Waals surface area (Å²) in [4.78, 5) is 0. The van der Waals surface area contributed by atoms with E-state index < -0.39 is 0 Å². The van der Waals surface area contributed by atoms with E-state index in [2.05, 4.69) is 43.4 Å². The first-order chi connectivity index (χ1) is 10.2. The van der Waals surface area contributed by atoms with Crippen molar-refractivity contribution in [3.8, 4) is 5.75 Å². The maximum absolute atomic E-state index is 5.54. The Bertz CT molecular complexity index is 423. The van der Waals surface area contributed by atoms with Gasteiger partial charge in [0.25, 0.3) is 0 Å². The number of methoxy groups -OCH3 is 1. The largest absolute Gasteiger partial charge is 0.496 e. The third-order valence-electron chi connectivity index (χ3n) is 5.09. The average Bonchev–Trinajstić information content (AvgIpc) is 2.52. The molecule has 0 saturated heterocycles. The van der Waals surface area contributed by atoms with Gasteiger partial charge in [-0.2, -0.15) is 0 Å². The van der Waals surface area contributed by atoms with Gasteiger partial charge in [0.2, 0.25) is 0 Å². The first kappa shape index (κ1) is 16.4. The van der Waals surface area contributed by atoms with Crippen LogP contribution in [0, 0.1) is 5.41 Å². The number of hydrogen-bond acceptors (Lipinski definition) is 2. The molecule has 0 amide bonds. The number of ether oxygens (including phenoxy) is 1. The molecule has 1 aliphatic carbocycles. The Balaban J connectivity index is 2.15. The molecule has 2 heteroatoms. The second kappa shape index (κ2) is 7.84. The van der Waals surface area contributed by atoms with Gasteiger partial charge in [-0.25, -0.2) is 0 Å². The van der Waals surface area contributed by atoms with E-state index in [1.165, 1.54) is 44.1 Å². The maximum Gasteiger partial charge on any atom is 0.122 e. The maximum atomic E-state index is 5.54. The van der Waals surface area contributed by atoms with Gasteiger partial charge in [0, 0.05) is 6.04 Å². The Morgan fingerprint density at radius 2 is 1.90 bits per heavy atom. The molecular formula is C19H31NO. The lowest BCUT2D eigenvalue weighted by Crippen LogP contribution is -2.46. The Morgan fingerprint density at radius 1 is 1.19 bits per heavy atom. The summed E-state index contributed by atoms with van der Waals surface area (Å²) >= 11 is 0. The van der Waals surface area contributed by atoms with Crippen LogP contribution in [-0.2, 0) is 6.42 Å². The Morgan fingerprint density at radius 3 is 2.57 bits per heavy atom. The van der Waals surface area contributed by atoms with Crippen LogP contribution in [0.5, 0.6) is 5.75 Å². The summed E-state index contributed by atoms with van der Waals surface area (Å²) in [7, 11) is 1.77. The molecule has 21 heavy (non-hydrogen) atoms. The molecule has 0 aromatic heterocycles. The molecule has 1 unspecified atom stereocenters. The molecule has 1 aromatic carbocycles. The molecule has 0 aliphatic heterocycles. The standard InChI is InChI=1S/C19H31NO/c1-4-14-20-18(19(2)12-8-5-9-13-19)15-16-10-6-7-11-17(16)21-3/h6-7,10-11,18,20H,4-5,8-9,12-15H2,1-3H3. The lowest BCUT2D eigenvalue weighted by Gasteiger charge is -2.41. The van der Waals surface area contributed by atoms with Crippen LogP contribution in [0.25, 0.3) is 0 Å². The minimum atomic E-state index is 0.425. The summed E-state index contributed by atoms with van der Waals surface area (Å²) in [5.41, 5.74) is 1.76. The predicted octanol–water partition coefficient (Wildman–Crippen LogP) is 4.58. The smallest absolute Gasteiger partial charge is 0.122 e. The first-order valence-corrected chi connectivity index (χ1v) is 8.55. The third-order valence-corrected chi connectivity index (χ3v) is 5.09. The lowest BCUT2D eigenvalue weighted by atomic mass is 9.69. The quantitative estimate of drug-likeness (QED) is 0.793. The van der Waals surface area contributed by atoms with E-state index in [0.29, 0.717) is 11.5 Å². The summed E-state index contributed by atoms with van der Waals surface area (Å²) in [6.45, 7) is 5.83. The summed E-state index contributed by atoms with van der Waals surface area (Å²) in [6.07, 6.45) is 9.14. The summed E-state index contributed by atoms with van der Waals surface area (Å²) in [5.74, 6) is 1.03. The number of benzene rings is 1. The minimum absolute atomic E-state index is 0.425. The second-order valence-corrected chi connectivity index (χ2v) is 6.74. The Hall–Kier alpha value is -1.02. The van der Waals surface area contributed by atoms with E-state index in [4.69, 9.17) is 4.74 Å². The number of hydrogen-bond donors (Lipinski definition) is 1. The van der Waals surface area contributed by atoms with Gasteiger partial charge in [-0.15, -0.1) is 0 Å². The van der Waals surface area contributed by atoms with Crippen LogP contribution in [-0.4, -0.2) is 19.7 Å². The van der Waals surface area contributed by atoms with Gasteiger partial charge in [-0.1, -0.05) is 51.3 Å². The SMILES string of the molecule is CCCNC(Cc1ccccc1OC)C1(C)CCCCC1. The van der Waals surface area contributed by atoms with Crippen LogP contribution in [0.2, 0.25) is 0 Å². The second-order valence-electron chi connectivity index (χ2n) is 6.74. The van der Waals surface area contributed by atoms with E-state index in [1.54, 1.807) is 7.11 Å². The van der Waals surface area contributed by atoms with Gasteiger partial charge in [-0.05, 0) is 49.3 Å². The van der Waals surface area contributed by atoms with Crippen LogP contribution >= 0.6 is 0 Å². The molecule has 2 rings (SSSR count). The zero-order valence-electron chi connectivity index (χ0n) is 14.0. The molecule has 2 nitrogen and oxygen atoms in total. The first-order valence-electron chi connectivity index (χ1n) is 8.55. The van der Waals surface area contributed by atoms with Gasteiger partial charge in [0.1, 0.15) is 5.75 Å². The van der Waals surface area contributed by atoms with Gasteiger partial charge in [-0.3, -0.25) is 0 Å². The molecule has 1 fully saturated rings. The highest BCUT2D eigenvalue weighted by molar-refractivity contribution is 5.34. The molecule has 1 N–H and O–H groups in total. The van der Waals surface area contributed by atoms with Gasteiger partial charge in [0.05, 0.1) is 7.11 Å². The average molecular weight is 289 g/mol. The molecule has 0 spiro atoms. The fraction of sp³-hybridized carbons (Fsp3) is 0.684. The summed E-state index contributed by atoms with van der Waals surface area (Å²) in [5, 5.41) is 3.82. The van der Waals surface area contributed by atoms with Gasteiger partial charge in [0.15, 0.2) is 0 Å². The molecule has 0 radical (unpaired) electrons. The van der Waals surface area contributed by atoms with Crippen LogP contribution in [0.4, 0.5) is 0 Å². The molecule has 0 heterocycles. The van der Waals surface area contributed by atoms with Crippen molar-refractivity contribution < 1.29 is 4.74 Å². The lowest BCUT2D eigenvalue weighted by molar-refractivity contribution is 0.143. The predicted molar refractivity (Wildman–Crippen MR) is 90.0 cm³/mol. The molecule has 1 aliphatic rings. The summed E-state index contributed by atoms with van der Waals surface area (Å²) in [6, 6.07) is 9.02. The normalized spacial score (nSPS) is 19.2. The Kier molecular flexibility index (Phi) is 6.10. The van der Waals surface area contributed by atoms with Crippen LogP contribution in [0.3, 0.4) is 0 Å². The van der Waals surface area contributed by atoms with E-state index in [-0.39, 0.29) is 0 Å². The fourth-order valence-electron chi connectivity index (χ4n) is 3.68. The fourth-order valence-corrected chi connectivity index (χ4v) is 3.68. The van der Waals surface area contributed by atoms with Crippen molar-refractivity contribution in [2.75, 3.05) is 13.7 Å². The van der Waals surface area contributed by atoms with Crippen molar-refractivity contribution in [3.05, 3.63) is 29.8 Å². The molecular weight excluding hydrogens is 258 g/mol. The third kappa shape index (κ3) is 4.23. The van der Waals surface area contributed by atoms with Crippen molar-refractivity contribution in [1.29, 1.82) is 0 Å². The number of rotatable bonds is 7. The highest BCUT2D eigenvalue weighted by Crippen LogP contribution is 2.40. The van der Waals surface area contributed by atoms with Gasteiger partial charge >= 0.3 is 0 Å². The number of para-hydroxylation sites is 1. The number of nitrogens with one attached hydrogen (secondary N) is 1. The monoisotopic (exact) mass is 289 g/mol. The Labute approximate surface area is 130 Å². The van der Waals surface area contributed by atoms with E-state index >= 15 is 0 Å². The van der Waals surface area contributed by atoms with E-state index in [9.17, 15) is 0 Å². The topological polar surface area (TPSA) is 21.3 Å². The molecule has 1 saturated carbocycles. The van der Waals surface area contributed by atoms with Gasteiger partial charge < -0.3 is 10.1 Å². The zero-order chi connectivity index (χ0) is 15.1. The van der Waals surface area contributed by atoms with Crippen LogP contribution < -0.4 is 10.1 Å². The molecule has 118 valence electrons. The molecule has 1 aromatic rings. The van der Waals surface area contributed by atoms with Crippen molar-refractivity contribution in [2.24, 2.45) is 5.41 Å². The van der Waals surface area contributed by atoms with Crippen molar-refractivity contribution in [2.45, 2.75) is 64.8 Å². The van der Waals surface area contributed by atoms with E-state index in [1.807, 2.05) is 0 Å². The zero-order valence-corrected chi connectivity index (χ0v) is 14.0. The summed E-state index contributed by atoms with van der Waals surface area (Å²) < 4.78 is 5.54. The van der Waals surface area contributed by atoms with Crippen molar-refractivity contribution >= 4 is 0 Å². The molecule has 1 atom stereocenters. The van der Waals surface area contributed by atoms with Crippen molar-refractivity contribution in [3.63, 3.8) is 0 Å². The highest BCUT2D eigenvalue weighted by Gasteiger charge is 2.35. The minimum Gasteiger partial charge on any atom is -0.496 e. The molecule has 0 bridgehead atoms.